The van der Waals surface area contributed by atoms with Crippen molar-refractivity contribution < 1.29 is 4.21 Å². The second-order valence-electron chi connectivity index (χ2n) is 6.73. The van der Waals surface area contributed by atoms with Crippen LogP contribution in [0.4, 0.5) is 0 Å². The van der Waals surface area contributed by atoms with Gasteiger partial charge in [0.05, 0.1) is 10.8 Å². The molecule has 29 heavy (non-hydrogen) atoms. The van der Waals surface area contributed by atoms with Crippen LogP contribution in [0.5, 0.6) is 0 Å². The Morgan fingerprint density at radius 3 is 2.48 bits per heavy atom. The van der Waals surface area contributed by atoms with Crippen molar-refractivity contribution in [2.24, 2.45) is 4.99 Å². The largest absolute Gasteiger partial charge is 0.355 e. The molecule has 1 saturated heterocycles. The van der Waals surface area contributed by atoms with Crippen LogP contribution in [0, 0.1) is 0 Å². The van der Waals surface area contributed by atoms with Crippen molar-refractivity contribution >= 4 is 52.3 Å². The van der Waals surface area contributed by atoms with Crippen LogP contribution in [0.1, 0.15) is 5.56 Å². The molecule has 0 radical (unpaired) electrons. The van der Waals surface area contributed by atoms with Crippen LogP contribution >= 0.6 is 35.6 Å². The van der Waals surface area contributed by atoms with Crippen molar-refractivity contribution in [3.8, 4) is 0 Å². The van der Waals surface area contributed by atoms with E-state index in [4.69, 9.17) is 11.6 Å². The van der Waals surface area contributed by atoms with Crippen LogP contribution in [0.3, 0.4) is 0 Å². The summed E-state index contributed by atoms with van der Waals surface area (Å²) in [5.41, 5.74) is 1.24. The summed E-state index contributed by atoms with van der Waals surface area (Å²) in [7, 11) is 0.808. The Balaban J connectivity index is 0.00000300. The van der Waals surface area contributed by atoms with Gasteiger partial charge in [0.25, 0.3) is 0 Å². The smallest absolute Gasteiger partial charge is 0.193 e. The molecule has 158 valence electrons. The first-order valence-electron chi connectivity index (χ1n) is 9.51. The Hall–Kier alpha value is -1.16. The van der Waals surface area contributed by atoms with Crippen molar-refractivity contribution in [3.05, 3.63) is 65.2 Å². The highest BCUT2D eigenvalue weighted by atomic mass is 127. The minimum absolute atomic E-state index is 0. The maximum absolute atomic E-state index is 12.3. The molecule has 1 fully saturated rings. The number of hydrogen-bond acceptors (Lipinski definition) is 3. The van der Waals surface area contributed by atoms with Gasteiger partial charge in [-0.1, -0.05) is 41.9 Å². The molecule has 2 aromatic carbocycles. The molecular formula is C21H28ClIN4OS. The summed E-state index contributed by atoms with van der Waals surface area (Å²) in [6.45, 7) is 5.34. The van der Waals surface area contributed by atoms with Crippen LogP contribution in [0.15, 0.2) is 64.5 Å². The number of rotatable bonds is 6. The van der Waals surface area contributed by atoms with Gasteiger partial charge in [-0.2, -0.15) is 0 Å². The zero-order chi connectivity index (χ0) is 19.8. The topological polar surface area (TPSA) is 47.9 Å². The van der Waals surface area contributed by atoms with Crippen LogP contribution in [0.25, 0.3) is 0 Å². The molecule has 1 N–H and O–H groups in total. The lowest BCUT2D eigenvalue weighted by Crippen LogP contribution is -2.52. The predicted molar refractivity (Wildman–Crippen MR) is 133 cm³/mol. The van der Waals surface area contributed by atoms with Gasteiger partial charge in [-0.15, -0.1) is 24.0 Å². The second-order valence-corrected chi connectivity index (χ2v) is 8.74. The lowest BCUT2D eigenvalue weighted by molar-refractivity contribution is 0.172. The second kappa shape index (κ2) is 12.5. The molecule has 0 amide bonds. The van der Waals surface area contributed by atoms with Crippen LogP contribution in [-0.2, 0) is 17.3 Å². The number of halogens is 2. The molecule has 2 aromatic rings. The first kappa shape index (κ1) is 24.1. The predicted octanol–water partition coefficient (Wildman–Crippen LogP) is 3.46. The molecule has 0 spiro atoms. The third-order valence-corrected chi connectivity index (χ3v) is 6.36. The van der Waals surface area contributed by atoms with Gasteiger partial charge in [-0.3, -0.25) is 14.1 Å². The molecule has 0 aliphatic carbocycles. The van der Waals surface area contributed by atoms with Gasteiger partial charge in [-0.05, 0) is 29.8 Å². The summed E-state index contributed by atoms with van der Waals surface area (Å²) in [5.74, 6) is 1.45. The molecule has 0 saturated carbocycles. The molecule has 0 bridgehead atoms. The molecule has 1 heterocycles. The summed E-state index contributed by atoms with van der Waals surface area (Å²) in [6, 6.07) is 17.6. The van der Waals surface area contributed by atoms with Crippen molar-refractivity contribution in [2.45, 2.75) is 11.4 Å². The number of benzene rings is 2. The number of nitrogens with zero attached hydrogens (tertiary/aromatic N) is 3. The van der Waals surface area contributed by atoms with E-state index in [1.807, 2.05) is 48.5 Å². The van der Waals surface area contributed by atoms with E-state index < -0.39 is 10.8 Å². The highest BCUT2D eigenvalue weighted by Gasteiger charge is 2.19. The van der Waals surface area contributed by atoms with E-state index in [1.54, 1.807) is 7.05 Å². The first-order chi connectivity index (χ1) is 13.7. The molecule has 1 aliphatic rings. The lowest BCUT2D eigenvalue weighted by Gasteiger charge is -2.36. The number of guanidine groups is 1. The summed E-state index contributed by atoms with van der Waals surface area (Å²) >= 11 is 6.08. The maximum Gasteiger partial charge on any atom is 0.193 e. The van der Waals surface area contributed by atoms with Gasteiger partial charge in [0, 0.05) is 62.0 Å². The standard InChI is InChI=1S/C21H27ClN4OS.HI/c1-23-21(24-10-15-28(27)20-8-3-2-4-9-20)26-13-11-25(12-14-26)17-18-6-5-7-19(22)16-18;/h2-9,16H,10-15,17H2,1H3,(H,23,24);1H. The van der Waals surface area contributed by atoms with Crippen molar-refractivity contribution in [2.75, 3.05) is 45.5 Å². The SMILES string of the molecule is CN=C(NCCS(=O)c1ccccc1)N1CCN(Cc2cccc(Cl)c2)CC1.I. The Morgan fingerprint density at radius 1 is 1.10 bits per heavy atom. The monoisotopic (exact) mass is 546 g/mol. The van der Waals surface area contributed by atoms with Crippen molar-refractivity contribution in [1.82, 2.24) is 15.1 Å². The molecule has 0 aromatic heterocycles. The third-order valence-electron chi connectivity index (χ3n) is 4.76. The molecule has 1 unspecified atom stereocenters. The number of nitrogens with one attached hydrogen (secondary N) is 1. The fraction of sp³-hybridized carbons (Fsp3) is 0.381. The molecule has 1 aliphatic heterocycles. The molecule has 3 rings (SSSR count). The lowest BCUT2D eigenvalue weighted by atomic mass is 10.2. The van der Waals surface area contributed by atoms with E-state index in [-0.39, 0.29) is 24.0 Å². The van der Waals surface area contributed by atoms with Gasteiger partial charge in [0.15, 0.2) is 5.96 Å². The highest BCUT2D eigenvalue weighted by molar-refractivity contribution is 14.0. The Morgan fingerprint density at radius 2 is 1.83 bits per heavy atom. The zero-order valence-corrected chi connectivity index (χ0v) is 20.5. The van der Waals surface area contributed by atoms with Crippen molar-refractivity contribution in [3.63, 3.8) is 0 Å². The van der Waals surface area contributed by atoms with Gasteiger partial charge in [0.2, 0.25) is 0 Å². The summed E-state index contributed by atoms with van der Waals surface area (Å²) in [5, 5.41) is 4.14. The molecular weight excluding hydrogens is 519 g/mol. The number of piperazine rings is 1. The van der Waals surface area contributed by atoms with Crippen LogP contribution in [0.2, 0.25) is 5.02 Å². The van der Waals surface area contributed by atoms with Crippen LogP contribution < -0.4 is 5.32 Å². The van der Waals surface area contributed by atoms with E-state index >= 15 is 0 Å². The number of hydrogen-bond donors (Lipinski definition) is 1. The van der Waals surface area contributed by atoms with Gasteiger partial charge < -0.3 is 10.2 Å². The first-order valence-corrected chi connectivity index (χ1v) is 11.2. The Labute approximate surface area is 198 Å². The fourth-order valence-electron chi connectivity index (χ4n) is 3.29. The maximum atomic E-state index is 12.3. The average Bonchev–Trinajstić information content (AvgIpc) is 2.72. The zero-order valence-electron chi connectivity index (χ0n) is 16.6. The highest BCUT2D eigenvalue weighted by Crippen LogP contribution is 2.14. The number of aliphatic imine (C=N–C) groups is 1. The van der Waals surface area contributed by atoms with Gasteiger partial charge in [0.1, 0.15) is 0 Å². The minimum atomic E-state index is -0.992. The van der Waals surface area contributed by atoms with Gasteiger partial charge in [-0.25, -0.2) is 0 Å². The fourth-order valence-corrected chi connectivity index (χ4v) is 4.49. The summed E-state index contributed by atoms with van der Waals surface area (Å²) < 4.78 is 12.3. The van der Waals surface area contributed by atoms with E-state index in [0.717, 1.165) is 48.6 Å². The average molecular weight is 547 g/mol. The quantitative estimate of drug-likeness (QED) is 0.343. The summed E-state index contributed by atoms with van der Waals surface area (Å²) in [6.07, 6.45) is 0. The van der Waals surface area contributed by atoms with Gasteiger partial charge >= 0.3 is 0 Å². The van der Waals surface area contributed by atoms with Crippen molar-refractivity contribution in [1.29, 1.82) is 0 Å². The molecule has 8 heteroatoms. The van der Waals surface area contributed by atoms with E-state index in [2.05, 4.69) is 26.2 Å². The van der Waals surface area contributed by atoms with E-state index in [9.17, 15) is 4.21 Å². The van der Waals surface area contributed by atoms with E-state index in [1.165, 1.54) is 5.56 Å². The Bertz CT molecular complexity index is 813. The Kier molecular flexibility index (Phi) is 10.4. The minimum Gasteiger partial charge on any atom is -0.355 e. The summed E-state index contributed by atoms with van der Waals surface area (Å²) in [4.78, 5) is 9.96. The normalized spacial score (nSPS) is 16.2. The third kappa shape index (κ3) is 7.55. The van der Waals surface area contributed by atoms with Crippen LogP contribution in [-0.4, -0.2) is 65.5 Å². The van der Waals surface area contributed by atoms with E-state index in [0.29, 0.717) is 12.3 Å². The molecule has 5 nitrogen and oxygen atoms in total. The molecule has 1 atom stereocenters.